The summed E-state index contributed by atoms with van der Waals surface area (Å²) < 4.78 is 44.1. The molecule has 1 saturated carbocycles. The van der Waals surface area contributed by atoms with Gasteiger partial charge in [0.1, 0.15) is 6.08 Å². The van der Waals surface area contributed by atoms with Crippen molar-refractivity contribution < 1.29 is 28.0 Å². The molecule has 0 spiro atoms. The molecule has 4 aliphatic rings. The SMILES string of the molecule is [2H]C1([2H])C[C@H]2[C@@H]3CCC4=C(CCC(OC)(OC)C4)C3=CC[C@]2(C)[C@]1([2H])OC(=O)c1ccc([N+](=O)[O-])cc1. The zero-order valence-corrected chi connectivity index (χ0v) is 19.9. The average Bonchev–Trinajstić information content (AvgIpc) is 3.04. The number of nitro benzene ring substituents is 1. The number of methoxy groups -OCH3 is 2. The number of esters is 1. The standard InChI is InChI=1S/C27H33NO6/c1-26-14-12-21-20-13-15-27(32-2,33-3)16-18(20)6-9-22(21)23(26)10-11-24(26)34-25(29)17-4-7-19(8-5-17)28(30)31/h4-5,7-8,12,22-24H,6,9-11,13-16H2,1-3H3/t22-,23+,24-,26+/m1/s1/i11D2,24D. The van der Waals surface area contributed by atoms with Crippen LogP contribution in [0.3, 0.4) is 0 Å². The number of ether oxygens (including phenoxy) is 3. The van der Waals surface area contributed by atoms with Gasteiger partial charge in [0.25, 0.3) is 5.69 Å². The third-order valence-electron chi connectivity index (χ3n) is 8.47. The van der Waals surface area contributed by atoms with Crippen molar-refractivity contribution in [3.63, 3.8) is 0 Å². The van der Waals surface area contributed by atoms with Gasteiger partial charge in [-0.25, -0.2) is 4.79 Å². The highest BCUT2D eigenvalue weighted by atomic mass is 16.7. The quantitative estimate of drug-likeness (QED) is 0.236. The summed E-state index contributed by atoms with van der Waals surface area (Å²) >= 11 is 0. The summed E-state index contributed by atoms with van der Waals surface area (Å²) in [6.07, 6.45) is 2.55. The van der Waals surface area contributed by atoms with Crippen LogP contribution in [0.4, 0.5) is 5.69 Å². The lowest BCUT2D eigenvalue weighted by Crippen LogP contribution is -2.44. The summed E-state index contributed by atoms with van der Waals surface area (Å²) in [4.78, 5) is 23.4. The highest BCUT2D eigenvalue weighted by Crippen LogP contribution is 2.60. The van der Waals surface area contributed by atoms with Gasteiger partial charge >= 0.3 is 5.97 Å². The van der Waals surface area contributed by atoms with Gasteiger partial charge < -0.3 is 14.2 Å². The van der Waals surface area contributed by atoms with E-state index in [4.69, 9.17) is 17.0 Å². The number of nitrogens with zero attached hydrogens (tertiary/aromatic N) is 1. The molecule has 1 fully saturated rings. The molecule has 5 rings (SSSR count). The Balaban J connectivity index is 1.45. The van der Waals surface area contributed by atoms with Crippen molar-refractivity contribution in [1.82, 2.24) is 0 Å². The second kappa shape index (κ2) is 8.61. The Morgan fingerprint density at radius 2 is 1.94 bits per heavy atom. The molecule has 0 unspecified atom stereocenters. The molecular weight excluding hydrogens is 434 g/mol. The maximum absolute atomic E-state index is 13.1. The molecule has 0 aromatic heterocycles. The topological polar surface area (TPSA) is 87.9 Å². The van der Waals surface area contributed by atoms with Gasteiger partial charge in [0.15, 0.2) is 5.79 Å². The van der Waals surface area contributed by atoms with E-state index >= 15 is 0 Å². The Morgan fingerprint density at radius 1 is 1.21 bits per heavy atom. The van der Waals surface area contributed by atoms with Crippen LogP contribution in [-0.4, -0.2) is 37.0 Å². The summed E-state index contributed by atoms with van der Waals surface area (Å²) in [6.45, 7) is 1.87. The van der Waals surface area contributed by atoms with Gasteiger partial charge in [0, 0.05) is 47.4 Å². The van der Waals surface area contributed by atoms with Crippen molar-refractivity contribution in [2.24, 2.45) is 17.3 Å². The molecule has 0 saturated heterocycles. The van der Waals surface area contributed by atoms with Crippen LogP contribution in [-0.2, 0) is 14.2 Å². The minimum absolute atomic E-state index is 0.0570. The molecular formula is C27H33NO6. The second-order valence-electron chi connectivity index (χ2n) is 10.0. The Morgan fingerprint density at radius 3 is 2.62 bits per heavy atom. The minimum atomic E-state index is -2.10. The fraction of sp³-hybridized carbons (Fsp3) is 0.593. The number of hydrogen-bond donors (Lipinski definition) is 0. The zero-order chi connectivity index (χ0) is 26.8. The lowest BCUT2D eigenvalue weighted by molar-refractivity contribution is -0.384. The first-order valence-corrected chi connectivity index (χ1v) is 11.9. The maximum Gasteiger partial charge on any atom is 0.338 e. The fourth-order valence-electron chi connectivity index (χ4n) is 6.41. The van der Waals surface area contributed by atoms with Gasteiger partial charge in [0.2, 0.25) is 0 Å². The van der Waals surface area contributed by atoms with E-state index in [0.717, 1.165) is 32.1 Å². The minimum Gasteiger partial charge on any atom is -0.458 e. The van der Waals surface area contributed by atoms with E-state index in [1.54, 1.807) is 14.2 Å². The molecule has 7 heteroatoms. The predicted molar refractivity (Wildman–Crippen MR) is 126 cm³/mol. The van der Waals surface area contributed by atoms with Crippen LogP contribution in [0.5, 0.6) is 0 Å². The smallest absolute Gasteiger partial charge is 0.338 e. The van der Waals surface area contributed by atoms with Crippen molar-refractivity contribution in [3.8, 4) is 0 Å². The van der Waals surface area contributed by atoms with Crippen LogP contribution in [0, 0.1) is 27.4 Å². The third-order valence-corrected chi connectivity index (χ3v) is 8.47. The van der Waals surface area contributed by atoms with Crippen LogP contribution in [0.1, 0.15) is 72.7 Å². The first kappa shape index (κ1) is 19.8. The van der Waals surface area contributed by atoms with Gasteiger partial charge in [-0.3, -0.25) is 10.1 Å². The van der Waals surface area contributed by atoms with E-state index < -0.39 is 34.5 Å². The monoisotopic (exact) mass is 470 g/mol. The van der Waals surface area contributed by atoms with Gasteiger partial charge in [-0.15, -0.1) is 0 Å². The summed E-state index contributed by atoms with van der Waals surface area (Å²) in [5.74, 6) is -1.50. The number of hydrogen-bond acceptors (Lipinski definition) is 6. The molecule has 0 amide bonds. The van der Waals surface area contributed by atoms with Crippen molar-refractivity contribution >= 4 is 11.7 Å². The second-order valence-corrected chi connectivity index (χ2v) is 10.0. The molecule has 7 nitrogen and oxygen atoms in total. The Labute approximate surface area is 204 Å². The zero-order valence-electron chi connectivity index (χ0n) is 22.9. The number of benzene rings is 1. The molecule has 1 aromatic rings. The number of carbonyl (C=O) groups is 1. The molecule has 0 bridgehead atoms. The number of fused-ring (bicyclic) bond motifs is 4. The maximum atomic E-state index is 13.1. The van der Waals surface area contributed by atoms with Gasteiger partial charge in [-0.2, -0.15) is 0 Å². The molecule has 1 aromatic carbocycles. The number of non-ortho nitro benzene ring substituents is 1. The highest BCUT2D eigenvalue weighted by molar-refractivity contribution is 5.89. The fourth-order valence-corrected chi connectivity index (χ4v) is 6.41. The first-order chi connectivity index (χ1) is 17.4. The van der Waals surface area contributed by atoms with Gasteiger partial charge in [0.05, 0.1) is 11.9 Å². The molecule has 0 radical (unpaired) electrons. The number of carbonyl (C=O) groups excluding carboxylic acids is 1. The average molecular weight is 471 g/mol. The normalized spacial score (nSPS) is 36.7. The van der Waals surface area contributed by atoms with Gasteiger partial charge in [-0.1, -0.05) is 18.6 Å². The molecule has 0 heterocycles. The summed E-state index contributed by atoms with van der Waals surface area (Å²) in [5, 5.41) is 11.0. The van der Waals surface area contributed by atoms with E-state index in [1.807, 2.05) is 6.92 Å². The van der Waals surface area contributed by atoms with Crippen molar-refractivity contribution in [2.45, 2.75) is 70.1 Å². The van der Waals surface area contributed by atoms with Crippen LogP contribution >= 0.6 is 0 Å². The Bertz CT molecular complexity index is 1190. The van der Waals surface area contributed by atoms with Crippen LogP contribution in [0.25, 0.3) is 0 Å². The summed E-state index contributed by atoms with van der Waals surface area (Å²) in [5.41, 5.74) is 2.90. The van der Waals surface area contributed by atoms with Crippen LogP contribution in [0.2, 0.25) is 0 Å². The number of allylic oxidation sites excluding steroid dienone is 3. The van der Waals surface area contributed by atoms with Crippen molar-refractivity contribution in [1.29, 1.82) is 0 Å². The van der Waals surface area contributed by atoms with E-state index in [0.29, 0.717) is 6.42 Å². The lowest BCUT2D eigenvalue weighted by Gasteiger charge is -2.48. The molecule has 182 valence electrons. The van der Waals surface area contributed by atoms with E-state index in [9.17, 15) is 16.3 Å². The Kier molecular flexibility index (Phi) is 5.00. The largest absolute Gasteiger partial charge is 0.458 e. The molecule has 4 atom stereocenters. The first-order valence-electron chi connectivity index (χ1n) is 13.4. The lowest BCUT2D eigenvalue weighted by atomic mass is 9.58. The summed E-state index contributed by atoms with van der Waals surface area (Å²) in [7, 11) is 3.36. The number of rotatable bonds is 5. The van der Waals surface area contributed by atoms with Gasteiger partial charge in [-0.05, 0) is 73.6 Å². The van der Waals surface area contributed by atoms with Crippen molar-refractivity contribution in [3.05, 3.63) is 62.7 Å². The highest BCUT2D eigenvalue weighted by Gasteiger charge is 2.55. The van der Waals surface area contributed by atoms with Crippen LogP contribution < -0.4 is 0 Å². The molecule has 4 aliphatic carbocycles. The van der Waals surface area contributed by atoms with E-state index in [2.05, 4.69) is 6.08 Å². The molecule has 0 N–H and O–H groups in total. The van der Waals surface area contributed by atoms with Crippen molar-refractivity contribution in [2.75, 3.05) is 14.2 Å². The molecule has 34 heavy (non-hydrogen) atoms. The predicted octanol–water partition coefficient (Wildman–Crippen LogP) is 5.75. The number of nitro groups is 1. The van der Waals surface area contributed by atoms with E-state index in [1.165, 1.54) is 41.0 Å². The Hall–Kier alpha value is -2.51. The third kappa shape index (κ3) is 3.69. The summed E-state index contributed by atoms with van der Waals surface area (Å²) in [6, 6.07) is 4.97. The van der Waals surface area contributed by atoms with Crippen LogP contribution in [0.15, 0.2) is 47.1 Å². The molecule has 0 aliphatic heterocycles. The van der Waals surface area contributed by atoms with E-state index in [-0.39, 0.29) is 29.5 Å².